The highest BCUT2D eigenvalue weighted by Crippen LogP contribution is 2.23. The molecule has 3 heterocycles. The van der Waals surface area contributed by atoms with Crippen LogP contribution in [-0.2, 0) is 11.3 Å². The largest absolute Gasteiger partial charge is 0.378 e. The van der Waals surface area contributed by atoms with Crippen molar-refractivity contribution in [1.29, 1.82) is 0 Å². The quantitative estimate of drug-likeness (QED) is 0.775. The summed E-state index contributed by atoms with van der Waals surface area (Å²) in [5.74, 6) is 0.0547. The molecule has 6 nitrogen and oxygen atoms in total. The number of rotatable bonds is 4. The van der Waals surface area contributed by atoms with Gasteiger partial charge in [-0.3, -0.25) is 0 Å². The van der Waals surface area contributed by atoms with E-state index in [1.54, 1.807) is 18.3 Å². The highest BCUT2D eigenvalue weighted by molar-refractivity contribution is 5.89. The normalized spacial score (nSPS) is 14.6. The first-order chi connectivity index (χ1) is 12.7. The standard InChI is InChI=1S/C18H17F2N5O/c19-14-3-1-2-13-16(14)23-11-24-17(13)21-9-12-8-15(20)18(22-10-12)25-4-6-26-7-5-25/h1-3,8,10-11H,4-7,9H2,(H,21,23,24). The fraction of sp³-hybridized carbons (Fsp3) is 0.278. The van der Waals surface area contributed by atoms with Gasteiger partial charge in [0, 0.05) is 31.2 Å². The molecule has 1 aromatic carbocycles. The lowest BCUT2D eigenvalue weighted by Crippen LogP contribution is -2.37. The smallest absolute Gasteiger partial charge is 0.166 e. The van der Waals surface area contributed by atoms with Crippen LogP contribution in [0.2, 0.25) is 0 Å². The minimum Gasteiger partial charge on any atom is -0.378 e. The van der Waals surface area contributed by atoms with Crippen LogP contribution < -0.4 is 10.2 Å². The van der Waals surface area contributed by atoms with E-state index < -0.39 is 5.82 Å². The molecule has 0 atom stereocenters. The summed E-state index contributed by atoms with van der Waals surface area (Å²) >= 11 is 0. The number of benzene rings is 1. The maximum atomic E-state index is 14.4. The van der Waals surface area contributed by atoms with Crippen LogP contribution in [0.15, 0.2) is 36.8 Å². The molecule has 2 aromatic heterocycles. The van der Waals surface area contributed by atoms with Gasteiger partial charge in [0.2, 0.25) is 0 Å². The van der Waals surface area contributed by atoms with Crippen LogP contribution in [0.4, 0.5) is 20.4 Å². The lowest BCUT2D eigenvalue weighted by Gasteiger charge is -2.28. The van der Waals surface area contributed by atoms with Crippen LogP contribution in [0.5, 0.6) is 0 Å². The molecule has 0 saturated carbocycles. The second-order valence-corrected chi connectivity index (χ2v) is 5.96. The molecule has 1 N–H and O–H groups in total. The van der Waals surface area contributed by atoms with E-state index in [9.17, 15) is 8.78 Å². The number of para-hydroxylation sites is 1. The van der Waals surface area contributed by atoms with Gasteiger partial charge in [-0.15, -0.1) is 0 Å². The molecule has 1 aliphatic rings. The monoisotopic (exact) mass is 357 g/mol. The van der Waals surface area contributed by atoms with E-state index in [1.165, 1.54) is 18.5 Å². The number of aromatic nitrogens is 3. The third-order valence-corrected chi connectivity index (χ3v) is 4.26. The maximum Gasteiger partial charge on any atom is 0.166 e. The lowest BCUT2D eigenvalue weighted by atomic mass is 10.2. The van der Waals surface area contributed by atoms with Crippen molar-refractivity contribution in [3.63, 3.8) is 0 Å². The molecule has 26 heavy (non-hydrogen) atoms. The van der Waals surface area contributed by atoms with Gasteiger partial charge in [0.05, 0.1) is 13.2 Å². The molecule has 4 rings (SSSR count). The Hall–Kier alpha value is -2.87. The minimum absolute atomic E-state index is 0.247. The van der Waals surface area contributed by atoms with Crippen molar-refractivity contribution in [2.24, 2.45) is 0 Å². The Balaban J connectivity index is 1.52. The topological polar surface area (TPSA) is 63.2 Å². The summed E-state index contributed by atoms with van der Waals surface area (Å²) in [6.07, 6.45) is 2.93. The number of fused-ring (bicyclic) bond motifs is 1. The van der Waals surface area contributed by atoms with Crippen LogP contribution in [0.25, 0.3) is 10.9 Å². The van der Waals surface area contributed by atoms with E-state index >= 15 is 0 Å². The number of nitrogens with zero attached hydrogens (tertiary/aromatic N) is 4. The molecule has 0 amide bonds. The predicted molar refractivity (Wildman–Crippen MR) is 94.0 cm³/mol. The molecule has 3 aromatic rings. The number of morpholine rings is 1. The van der Waals surface area contributed by atoms with Crippen molar-refractivity contribution in [1.82, 2.24) is 15.0 Å². The highest BCUT2D eigenvalue weighted by Gasteiger charge is 2.17. The Kier molecular flexibility index (Phi) is 4.57. The molecule has 134 valence electrons. The first-order valence-electron chi connectivity index (χ1n) is 8.32. The van der Waals surface area contributed by atoms with Gasteiger partial charge < -0.3 is 15.0 Å². The second kappa shape index (κ2) is 7.17. The van der Waals surface area contributed by atoms with Crippen LogP contribution >= 0.6 is 0 Å². The summed E-state index contributed by atoms with van der Waals surface area (Å²) in [5.41, 5.74) is 0.916. The van der Waals surface area contributed by atoms with Crippen molar-refractivity contribution < 1.29 is 13.5 Å². The minimum atomic E-state index is -0.407. The van der Waals surface area contributed by atoms with E-state index in [-0.39, 0.29) is 11.3 Å². The summed E-state index contributed by atoms with van der Waals surface area (Å²) in [7, 11) is 0. The Bertz CT molecular complexity index is 931. The molecule has 1 aliphatic heterocycles. The van der Waals surface area contributed by atoms with Gasteiger partial charge in [0.25, 0.3) is 0 Å². The van der Waals surface area contributed by atoms with Gasteiger partial charge >= 0.3 is 0 Å². The Morgan fingerprint density at radius 2 is 1.92 bits per heavy atom. The average molecular weight is 357 g/mol. The summed E-state index contributed by atoms with van der Waals surface area (Å²) < 4.78 is 33.5. The Morgan fingerprint density at radius 3 is 2.73 bits per heavy atom. The SMILES string of the molecule is Fc1cc(CNc2ncnc3c(F)cccc23)cnc1N1CCOCC1. The molecule has 1 fully saturated rings. The van der Waals surface area contributed by atoms with Crippen LogP contribution in [-0.4, -0.2) is 41.3 Å². The van der Waals surface area contributed by atoms with Gasteiger partial charge in [-0.1, -0.05) is 6.07 Å². The van der Waals surface area contributed by atoms with Crippen molar-refractivity contribution in [3.8, 4) is 0 Å². The zero-order chi connectivity index (χ0) is 17.9. The number of pyridine rings is 1. The Morgan fingerprint density at radius 1 is 1.08 bits per heavy atom. The molecule has 0 unspecified atom stereocenters. The van der Waals surface area contributed by atoms with E-state index in [0.717, 1.165) is 0 Å². The third kappa shape index (κ3) is 3.28. The zero-order valence-corrected chi connectivity index (χ0v) is 14.0. The molecule has 0 radical (unpaired) electrons. The molecule has 1 saturated heterocycles. The molecular weight excluding hydrogens is 340 g/mol. The number of halogens is 2. The van der Waals surface area contributed by atoms with E-state index in [2.05, 4.69) is 20.3 Å². The van der Waals surface area contributed by atoms with Gasteiger partial charge in [-0.25, -0.2) is 23.7 Å². The maximum absolute atomic E-state index is 14.4. The van der Waals surface area contributed by atoms with Gasteiger partial charge in [-0.05, 0) is 23.8 Å². The van der Waals surface area contributed by atoms with E-state index in [4.69, 9.17) is 4.74 Å². The van der Waals surface area contributed by atoms with E-state index in [0.29, 0.717) is 55.4 Å². The van der Waals surface area contributed by atoms with Gasteiger partial charge in [0.1, 0.15) is 23.5 Å². The van der Waals surface area contributed by atoms with Crippen LogP contribution in [0.1, 0.15) is 5.56 Å². The summed E-state index contributed by atoms with van der Waals surface area (Å²) in [5, 5.41) is 3.67. The van der Waals surface area contributed by atoms with Crippen molar-refractivity contribution in [2.45, 2.75) is 6.54 Å². The first kappa shape index (κ1) is 16.6. The number of anilines is 2. The Labute approximate surface area is 148 Å². The fourth-order valence-electron chi connectivity index (χ4n) is 2.95. The molecule has 0 spiro atoms. The lowest BCUT2D eigenvalue weighted by molar-refractivity contribution is 0.122. The molecular formula is C18H17F2N5O. The number of ether oxygens (including phenoxy) is 1. The van der Waals surface area contributed by atoms with Crippen LogP contribution in [0.3, 0.4) is 0 Å². The number of hydrogen-bond donors (Lipinski definition) is 1. The second-order valence-electron chi connectivity index (χ2n) is 5.96. The van der Waals surface area contributed by atoms with Crippen molar-refractivity contribution in [2.75, 3.05) is 36.5 Å². The first-order valence-corrected chi connectivity index (χ1v) is 8.32. The average Bonchev–Trinajstić information content (AvgIpc) is 2.67. The molecule has 0 bridgehead atoms. The number of hydrogen-bond acceptors (Lipinski definition) is 6. The highest BCUT2D eigenvalue weighted by atomic mass is 19.1. The molecule has 0 aliphatic carbocycles. The van der Waals surface area contributed by atoms with Gasteiger partial charge in [-0.2, -0.15) is 0 Å². The number of nitrogens with one attached hydrogen (secondary N) is 1. The van der Waals surface area contributed by atoms with Gasteiger partial charge in [0.15, 0.2) is 11.6 Å². The van der Waals surface area contributed by atoms with E-state index in [1.807, 2.05) is 4.90 Å². The van der Waals surface area contributed by atoms with Crippen molar-refractivity contribution in [3.05, 3.63) is 54.0 Å². The predicted octanol–water partition coefficient (Wildman–Crippen LogP) is 2.75. The summed E-state index contributed by atoms with van der Waals surface area (Å²) in [4.78, 5) is 14.2. The summed E-state index contributed by atoms with van der Waals surface area (Å²) in [6.45, 7) is 2.71. The molecule has 8 heteroatoms. The fourth-order valence-corrected chi connectivity index (χ4v) is 2.95. The van der Waals surface area contributed by atoms with Crippen LogP contribution in [0, 0.1) is 11.6 Å². The third-order valence-electron chi connectivity index (χ3n) is 4.26. The van der Waals surface area contributed by atoms with Crippen molar-refractivity contribution >= 4 is 22.5 Å². The summed E-state index contributed by atoms with van der Waals surface area (Å²) in [6, 6.07) is 6.14. The zero-order valence-electron chi connectivity index (χ0n) is 14.0.